The van der Waals surface area contributed by atoms with E-state index in [1.165, 1.54) is 6.20 Å². The van der Waals surface area contributed by atoms with E-state index in [4.69, 9.17) is 0 Å². The summed E-state index contributed by atoms with van der Waals surface area (Å²) < 4.78 is 1.15. The number of fused-ring (bicyclic) bond motifs is 1. The fourth-order valence-electron chi connectivity index (χ4n) is 2.49. The van der Waals surface area contributed by atoms with Gasteiger partial charge in [0.1, 0.15) is 6.54 Å². The third kappa shape index (κ3) is 3.32. The van der Waals surface area contributed by atoms with E-state index in [0.717, 1.165) is 15.8 Å². The highest BCUT2D eigenvalue weighted by Gasteiger charge is 2.12. The van der Waals surface area contributed by atoms with Gasteiger partial charge < -0.3 is 5.32 Å². The molecule has 122 valence electrons. The molecule has 0 radical (unpaired) electrons. The van der Waals surface area contributed by atoms with Crippen LogP contribution in [0.1, 0.15) is 24.1 Å². The predicted molar refractivity (Wildman–Crippen MR) is 91.5 cm³/mol. The molecule has 3 rings (SSSR count). The van der Waals surface area contributed by atoms with Crippen LogP contribution < -0.4 is 10.9 Å². The first-order valence-corrected chi connectivity index (χ1v) is 7.71. The van der Waals surface area contributed by atoms with E-state index in [1.54, 1.807) is 18.3 Å². The van der Waals surface area contributed by atoms with E-state index in [2.05, 4.69) is 15.4 Å². The lowest BCUT2D eigenvalue weighted by Gasteiger charge is -2.15. The number of amides is 1. The second-order valence-electron chi connectivity index (χ2n) is 5.74. The zero-order valence-corrected chi connectivity index (χ0v) is 13.6. The molecule has 0 aliphatic carbocycles. The lowest BCUT2D eigenvalue weighted by atomic mass is 10.1. The van der Waals surface area contributed by atoms with E-state index in [9.17, 15) is 9.59 Å². The van der Waals surface area contributed by atoms with Gasteiger partial charge >= 0.3 is 0 Å². The molecule has 0 spiro atoms. The largest absolute Gasteiger partial charge is 0.348 e. The first-order valence-electron chi connectivity index (χ1n) is 7.71. The number of carbonyl (C=O) groups excluding carboxylic acids is 1. The first-order chi connectivity index (χ1) is 11.5. The Morgan fingerprint density at radius 1 is 1.25 bits per heavy atom. The van der Waals surface area contributed by atoms with Crippen molar-refractivity contribution in [1.29, 1.82) is 0 Å². The summed E-state index contributed by atoms with van der Waals surface area (Å²) in [4.78, 5) is 28.6. The van der Waals surface area contributed by atoms with Crippen LogP contribution in [0.15, 0.2) is 53.6 Å². The van der Waals surface area contributed by atoms with Gasteiger partial charge in [-0.15, -0.1) is 0 Å². The van der Waals surface area contributed by atoms with Crippen molar-refractivity contribution in [2.75, 3.05) is 0 Å². The minimum atomic E-state index is -0.321. The Bertz CT molecular complexity index is 932. The maximum absolute atomic E-state index is 12.3. The van der Waals surface area contributed by atoms with Crippen LogP contribution in [0.25, 0.3) is 10.9 Å². The Morgan fingerprint density at radius 2 is 2.00 bits per heavy atom. The number of aryl methyl sites for hydroxylation is 1. The number of hydrogen-bond acceptors (Lipinski definition) is 4. The Labute approximate surface area is 139 Å². The van der Waals surface area contributed by atoms with Crippen molar-refractivity contribution in [2.45, 2.75) is 26.4 Å². The second kappa shape index (κ2) is 6.62. The lowest BCUT2D eigenvalue weighted by Crippen LogP contribution is -2.35. The van der Waals surface area contributed by atoms with Crippen LogP contribution in [0, 0.1) is 6.92 Å². The van der Waals surface area contributed by atoms with E-state index >= 15 is 0 Å². The number of benzene rings is 1. The molecule has 1 N–H and O–H groups in total. The third-order valence-electron chi connectivity index (χ3n) is 3.87. The smallest absolute Gasteiger partial charge is 0.276 e. The molecule has 0 aliphatic rings. The number of nitrogens with zero attached hydrogens (tertiary/aromatic N) is 3. The number of carbonyl (C=O) groups is 1. The predicted octanol–water partition coefficient (Wildman–Crippen LogP) is 1.98. The molecule has 0 fully saturated rings. The van der Waals surface area contributed by atoms with E-state index in [-0.39, 0.29) is 24.1 Å². The molecule has 0 aliphatic heterocycles. The summed E-state index contributed by atoms with van der Waals surface area (Å²) in [6.07, 6.45) is 3.09. The minimum Gasteiger partial charge on any atom is -0.348 e. The second-order valence-corrected chi connectivity index (χ2v) is 5.74. The number of rotatable bonds is 4. The van der Waals surface area contributed by atoms with Gasteiger partial charge in [-0.2, -0.15) is 5.10 Å². The molecule has 2 aromatic heterocycles. The van der Waals surface area contributed by atoms with E-state index in [1.807, 2.05) is 38.1 Å². The first kappa shape index (κ1) is 15.9. The van der Waals surface area contributed by atoms with Crippen LogP contribution in [0.3, 0.4) is 0 Å². The van der Waals surface area contributed by atoms with Gasteiger partial charge in [-0.3, -0.25) is 14.6 Å². The number of pyridine rings is 1. The molecule has 1 atom stereocenters. The average Bonchev–Trinajstić information content (AvgIpc) is 2.58. The summed E-state index contributed by atoms with van der Waals surface area (Å²) in [5, 5.41) is 7.35. The summed E-state index contributed by atoms with van der Waals surface area (Å²) in [5.74, 6) is -0.263. The maximum atomic E-state index is 12.3. The minimum absolute atomic E-state index is 0.125. The van der Waals surface area contributed by atoms with Crippen LogP contribution in [0.5, 0.6) is 0 Å². The molecular formula is C18H18N4O2. The van der Waals surface area contributed by atoms with E-state index < -0.39 is 0 Å². The molecule has 6 heteroatoms. The van der Waals surface area contributed by atoms with Crippen LogP contribution in [0.2, 0.25) is 0 Å². The Morgan fingerprint density at radius 3 is 2.75 bits per heavy atom. The maximum Gasteiger partial charge on any atom is 0.276 e. The van der Waals surface area contributed by atoms with Gasteiger partial charge in [0.15, 0.2) is 0 Å². The molecule has 3 aromatic rings. The Balaban J connectivity index is 1.74. The van der Waals surface area contributed by atoms with Crippen LogP contribution in [-0.2, 0) is 11.3 Å². The monoisotopic (exact) mass is 322 g/mol. The number of nitrogens with one attached hydrogen (secondary N) is 1. The summed E-state index contributed by atoms with van der Waals surface area (Å²) >= 11 is 0. The van der Waals surface area contributed by atoms with Crippen LogP contribution in [0.4, 0.5) is 0 Å². The van der Waals surface area contributed by atoms with Gasteiger partial charge in [-0.1, -0.05) is 29.8 Å². The normalized spacial score (nSPS) is 12.1. The van der Waals surface area contributed by atoms with E-state index in [0.29, 0.717) is 10.9 Å². The molecule has 0 bridgehead atoms. The lowest BCUT2D eigenvalue weighted by molar-refractivity contribution is -0.122. The van der Waals surface area contributed by atoms with Gasteiger partial charge in [-0.25, -0.2) is 4.68 Å². The van der Waals surface area contributed by atoms with Gasteiger partial charge in [0, 0.05) is 6.20 Å². The highest BCUT2D eigenvalue weighted by Crippen LogP contribution is 2.12. The summed E-state index contributed by atoms with van der Waals surface area (Å²) in [6.45, 7) is 3.79. The van der Waals surface area contributed by atoms with Crippen molar-refractivity contribution in [3.63, 3.8) is 0 Å². The summed E-state index contributed by atoms with van der Waals surface area (Å²) in [5.41, 5.74) is 2.38. The fraction of sp³-hybridized carbons (Fsp3) is 0.222. The zero-order valence-electron chi connectivity index (χ0n) is 13.6. The average molecular weight is 322 g/mol. The molecule has 0 unspecified atom stereocenters. The third-order valence-corrected chi connectivity index (χ3v) is 3.87. The van der Waals surface area contributed by atoms with Crippen molar-refractivity contribution in [3.8, 4) is 0 Å². The number of aromatic nitrogens is 3. The van der Waals surface area contributed by atoms with Crippen LogP contribution in [-0.4, -0.2) is 20.7 Å². The molecule has 1 aromatic carbocycles. The molecule has 0 saturated carbocycles. The summed E-state index contributed by atoms with van der Waals surface area (Å²) in [7, 11) is 0. The standard InChI is InChI=1S/C18H18N4O2/c1-12-5-7-14(8-6-12)13(2)21-17(23)11-22-18(24)15-4-3-9-19-16(15)10-20-22/h3-10,13H,11H2,1-2H3,(H,21,23)/t13-/m0/s1. The van der Waals surface area contributed by atoms with Crippen LogP contribution >= 0.6 is 0 Å². The van der Waals surface area contributed by atoms with Crippen molar-refractivity contribution < 1.29 is 4.79 Å². The summed E-state index contributed by atoms with van der Waals surface area (Å²) in [6, 6.07) is 11.2. The van der Waals surface area contributed by atoms with Gasteiger partial charge in [0.2, 0.25) is 5.91 Å². The molecular weight excluding hydrogens is 304 g/mol. The highest BCUT2D eigenvalue weighted by atomic mass is 16.2. The van der Waals surface area contributed by atoms with Gasteiger partial charge in [0.05, 0.1) is 23.1 Å². The number of hydrogen-bond donors (Lipinski definition) is 1. The Kier molecular flexibility index (Phi) is 4.37. The van der Waals surface area contributed by atoms with Gasteiger partial charge in [0.25, 0.3) is 5.56 Å². The zero-order chi connectivity index (χ0) is 17.1. The fourth-order valence-corrected chi connectivity index (χ4v) is 2.49. The molecule has 24 heavy (non-hydrogen) atoms. The highest BCUT2D eigenvalue weighted by molar-refractivity contribution is 5.78. The van der Waals surface area contributed by atoms with Crippen molar-refractivity contribution >= 4 is 16.8 Å². The Hall–Kier alpha value is -3.02. The van der Waals surface area contributed by atoms with Crippen molar-refractivity contribution in [2.24, 2.45) is 0 Å². The molecule has 6 nitrogen and oxygen atoms in total. The SMILES string of the molecule is Cc1ccc([C@H](C)NC(=O)Cn2ncc3ncccc3c2=O)cc1. The molecule has 0 saturated heterocycles. The van der Waals surface area contributed by atoms with Gasteiger partial charge in [-0.05, 0) is 31.5 Å². The quantitative estimate of drug-likeness (QED) is 0.797. The van der Waals surface area contributed by atoms with Crippen molar-refractivity contribution in [3.05, 3.63) is 70.3 Å². The molecule has 2 heterocycles. The topological polar surface area (TPSA) is 76.9 Å². The molecule has 1 amide bonds. The van der Waals surface area contributed by atoms with Crippen molar-refractivity contribution in [1.82, 2.24) is 20.1 Å².